The third-order valence-electron chi connectivity index (χ3n) is 4.76. The molecule has 0 unspecified atom stereocenters. The second-order valence-corrected chi connectivity index (χ2v) is 7.19. The summed E-state index contributed by atoms with van der Waals surface area (Å²) in [5.41, 5.74) is 1.80. The molecule has 1 aromatic carbocycles. The number of hydrogen-bond acceptors (Lipinski definition) is 5. The Morgan fingerprint density at radius 3 is 2.73 bits per heavy atom. The molecular formula is C21H26N2O3. The third-order valence-corrected chi connectivity index (χ3v) is 4.76. The number of fused-ring (bicyclic) bond motifs is 1. The number of carbonyl (C=O) groups excluding carboxylic acids is 1. The first-order valence-electron chi connectivity index (χ1n) is 9.08. The Labute approximate surface area is 155 Å². The molecule has 3 rings (SSSR count). The SMILES string of the molecule is C=C1C(OCc2ccccc2)=C(C(=O)OCC)N=C2N1CCCC2(C)C. The maximum atomic E-state index is 12.5. The minimum absolute atomic E-state index is 0.121. The molecular weight excluding hydrogens is 328 g/mol. The van der Waals surface area contributed by atoms with Gasteiger partial charge in [0.15, 0.2) is 11.5 Å². The van der Waals surface area contributed by atoms with Gasteiger partial charge in [-0.05, 0) is 25.3 Å². The lowest BCUT2D eigenvalue weighted by atomic mass is 9.81. The van der Waals surface area contributed by atoms with Gasteiger partial charge in [-0.3, -0.25) is 0 Å². The van der Waals surface area contributed by atoms with Gasteiger partial charge in [-0.2, -0.15) is 0 Å². The number of nitrogens with zero attached hydrogens (tertiary/aromatic N) is 2. The van der Waals surface area contributed by atoms with Crippen LogP contribution < -0.4 is 0 Å². The van der Waals surface area contributed by atoms with Gasteiger partial charge in [0, 0.05) is 12.0 Å². The zero-order chi connectivity index (χ0) is 18.7. The highest BCUT2D eigenvalue weighted by atomic mass is 16.5. The monoisotopic (exact) mass is 354 g/mol. The van der Waals surface area contributed by atoms with Gasteiger partial charge in [-0.25, -0.2) is 9.79 Å². The average molecular weight is 354 g/mol. The summed E-state index contributed by atoms with van der Waals surface area (Å²) in [6.45, 7) is 11.7. The Hall–Kier alpha value is -2.56. The fourth-order valence-corrected chi connectivity index (χ4v) is 3.37. The Balaban J connectivity index is 1.97. The summed E-state index contributed by atoms with van der Waals surface area (Å²) >= 11 is 0. The summed E-state index contributed by atoms with van der Waals surface area (Å²) in [5, 5.41) is 0. The summed E-state index contributed by atoms with van der Waals surface area (Å²) in [4.78, 5) is 19.3. The van der Waals surface area contributed by atoms with Crippen LogP contribution in [-0.4, -0.2) is 29.9 Å². The van der Waals surface area contributed by atoms with E-state index in [-0.39, 0.29) is 11.1 Å². The molecule has 2 aliphatic heterocycles. The first kappa shape index (κ1) is 18.2. The topological polar surface area (TPSA) is 51.1 Å². The van der Waals surface area contributed by atoms with Gasteiger partial charge in [0.2, 0.25) is 0 Å². The van der Waals surface area contributed by atoms with Gasteiger partial charge in [-0.1, -0.05) is 50.8 Å². The van der Waals surface area contributed by atoms with Crippen molar-refractivity contribution in [3.63, 3.8) is 0 Å². The summed E-state index contributed by atoms with van der Waals surface area (Å²) in [6.07, 6.45) is 2.07. The van der Waals surface area contributed by atoms with Crippen LogP contribution in [0.4, 0.5) is 0 Å². The highest BCUT2D eigenvalue weighted by molar-refractivity contribution is 5.99. The number of ether oxygens (including phenoxy) is 2. The number of rotatable bonds is 5. The quantitative estimate of drug-likeness (QED) is 0.749. The van der Waals surface area contributed by atoms with Gasteiger partial charge < -0.3 is 14.4 Å². The smallest absolute Gasteiger partial charge is 0.360 e. The minimum Gasteiger partial charge on any atom is -0.484 e. The fraction of sp³-hybridized carbons (Fsp3) is 0.429. The molecule has 2 aliphatic rings. The molecule has 0 aliphatic carbocycles. The van der Waals surface area contributed by atoms with E-state index in [1.165, 1.54) is 0 Å². The molecule has 0 saturated carbocycles. The second-order valence-electron chi connectivity index (χ2n) is 7.19. The highest BCUT2D eigenvalue weighted by Gasteiger charge is 2.40. The molecule has 5 nitrogen and oxygen atoms in total. The lowest BCUT2D eigenvalue weighted by Crippen LogP contribution is -2.47. The number of esters is 1. The van der Waals surface area contributed by atoms with Crippen LogP contribution in [0.3, 0.4) is 0 Å². The zero-order valence-electron chi connectivity index (χ0n) is 15.7. The van der Waals surface area contributed by atoms with Crippen molar-refractivity contribution in [2.24, 2.45) is 10.4 Å². The average Bonchev–Trinajstić information content (AvgIpc) is 2.62. The standard InChI is InChI=1S/C21H26N2O3/c1-5-25-19(24)17-18(26-14-16-10-7-6-8-11-16)15(2)23-13-9-12-21(3,4)20(23)22-17/h6-8,10-11H,2,5,9,12-14H2,1,3-4H3. The lowest BCUT2D eigenvalue weighted by molar-refractivity contribution is -0.138. The van der Waals surface area contributed by atoms with E-state index < -0.39 is 5.97 Å². The second kappa shape index (κ2) is 7.36. The molecule has 5 heteroatoms. The van der Waals surface area contributed by atoms with Crippen LogP contribution >= 0.6 is 0 Å². The van der Waals surface area contributed by atoms with Gasteiger partial charge in [-0.15, -0.1) is 0 Å². The Morgan fingerprint density at radius 2 is 2.04 bits per heavy atom. The highest BCUT2D eigenvalue weighted by Crippen LogP contribution is 2.39. The van der Waals surface area contributed by atoms with Gasteiger partial charge >= 0.3 is 5.97 Å². The Morgan fingerprint density at radius 1 is 1.31 bits per heavy atom. The molecule has 0 N–H and O–H groups in total. The van der Waals surface area contributed by atoms with E-state index >= 15 is 0 Å². The molecule has 1 saturated heterocycles. The predicted octanol–water partition coefficient (Wildman–Crippen LogP) is 4.03. The van der Waals surface area contributed by atoms with E-state index in [1.54, 1.807) is 6.92 Å². The van der Waals surface area contributed by atoms with Crippen molar-refractivity contribution < 1.29 is 14.3 Å². The molecule has 0 amide bonds. The van der Waals surface area contributed by atoms with E-state index in [2.05, 4.69) is 30.3 Å². The summed E-state index contributed by atoms with van der Waals surface area (Å²) in [7, 11) is 0. The summed E-state index contributed by atoms with van der Waals surface area (Å²) in [5.74, 6) is 0.808. The molecule has 0 radical (unpaired) electrons. The fourth-order valence-electron chi connectivity index (χ4n) is 3.37. The molecule has 0 bridgehead atoms. The first-order valence-corrected chi connectivity index (χ1v) is 9.08. The number of hydrogen-bond donors (Lipinski definition) is 0. The van der Waals surface area contributed by atoms with Crippen molar-refractivity contribution in [2.45, 2.75) is 40.2 Å². The molecule has 0 atom stereocenters. The molecule has 2 heterocycles. The van der Waals surface area contributed by atoms with Crippen LogP contribution in [0, 0.1) is 5.41 Å². The van der Waals surface area contributed by atoms with E-state index in [1.807, 2.05) is 30.3 Å². The van der Waals surface area contributed by atoms with Crippen LogP contribution in [0.1, 0.15) is 39.2 Å². The largest absolute Gasteiger partial charge is 0.484 e. The van der Waals surface area contributed by atoms with Crippen molar-refractivity contribution in [2.75, 3.05) is 13.2 Å². The van der Waals surface area contributed by atoms with Crippen LogP contribution in [0.15, 0.2) is 59.1 Å². The summed E-state index contributed by atoms with van der Waals surface area (Å²) < 4.78 is 11.2. The van der Waals surface area contributed by atoms with E-state index in [0.29, 0.717) is 24.7 Å². The molecule has 0 aromatic heterocycles. The first-order chi connectivity index (χ1) is 12.4. The van der Waals surface area contributed by atoms with Crippen molar-refractivity contribution in [1.82, 2.24) is 4.90 Å². The van der Waals surface area contributed by atoms with Crippen molar-refractivity contribution in [1.29, 1.82) is 0 Å². The number of amidine groups is 1. The Bertz CT molecular complexity index is 763. The van der Waals surface area contributed by atoms with Crippen LogP contribution in [0.2, 0.25) is 0 Å². The van der Waals surface area contributed by atoms with Gasteiger partial charge in [0.05, 0.1) is 12.3 Å². The predicted molar refractivity (Wildman–Crippen MR) is 101 cm³/mol. The Kier molecular flexibility index (Phi) is 5.16. The van der Waals surface area contributed by atoms with E-state index in [9.17, 15) is 4.79 Å². The number of aliphatic imine (C=N–C) groups is 1. The molecule has 1 aromatic rings. The minimum atomic E-state index is -0.467. The molecule has 1 fully saturated rings. The number of carbonyl (C=O) groups is 1. The van der Waals surface area contributed by atoms with Crippen molar-refractivity contribution in [3.05, 3.63) is 59.6 Å². The normalized spacial score (nSPS) is 19.0. The molecule has 138 valence electrons. The maximum Gasteiger partial charge on any atom is 0.360 e. The number of benzene rings is 1. The van der Waals surface area contributed by atoms with Gasteiger partial charge in [0.25, 0.3) is 0 Å². The molecule has 26 heavy (non-hydrogen) atoms. The van der Waals surface area contributed by atoms with Crippen LogP contribution in [-0.2, 0) is 20.9 Å². The van der Waals surface area contributed by atoms with Gasteiger partial charge in [0.1, 0.15) is 12.4 Å². The molecule has 0 spiro atoms. The third kappa shape index (κ3) is 3.52. The summed E-state index contributed by atoms with van der Waals surface area (Å²) in [6, 6.07) is 9.83. The van der Waals surface area contributed by atoms with E-state index in [0.717, 1.165) is 30.8 Å². The van der Waals surface area contributed by atoms with E-state index in [4.69, 9.17) is 9.47 Å². The lowest BCUT2D eigenvalue weighted by Gasteiger charge is -2.43. The zero-order valence-corrected chi connectivity index (χ0v) is 15.7. The van der Waals surface area contributed by atoms with Crippen LogP contribution in [0.25, 0.3) is 0 Å². The van der Waals surface area contributed by atoms with Crippen LogP contribution in [0.5, 0.6) is 0 Å². The maximum absolute atomic E-state index is 12.5. The van der Waals surface area contributed by atoms with Crippen molar-refractivity contribution in [3.8, 4) is 0 Å². The van der Waals surface area contributed by atoms with Crippen molar-refractivity contribution >= 4 is 11.8 Å². The number of piperidine rings is 1.